The molecule has 39 heavy (non-hydrogen) atoms. The van der Waals surface area contributed by atoms with E-state index in [1.807, 2.05) is 47.1 Å². The first-order chi connectivity index (χ1) is 18.8. The zero-order chi connectivity index (χ0) is 27.4. The monoisotopic (exact) mass is 526 g/mol. The van der Waals surface area contributed by atoms with Crippen molar-refractivity contribution in [1.29, 1.82) is 0 Å². The molecule has 0 spiro atoms. The predicted octanol–water partition coefficient (Wildman–Crippen LogP) is 5.52. The van der Waals surface area contributed by atoms with E-state index in [0.29, 0.717) is 12.4 Å². The van der Waals surface area contributed by atoms with Crippen LogP contribution in [-0.4, -0.2) is 60.0 Å². The van der Waals surface area contributed by atoms with Gasteiger partial charge in [0.2, 0.25) is 5.91 Å². The van der Waals surface area contributed by atoms with E-state index in [-0.39, 0.29) is 17.7 Å². The van der Waals surface area contributed by atoms with Crippen LogP contribution in [0.4, 0.5) is 5.82 Å². The van der Waals surface area contributed by atoms with E-state index >= 15 is 0 Å². The van der Waals surface area contributed by atoms with Crippen LogP contribution >= 0.6 is 0 Å². The molecule has 0 saturated carbocycles. The number of aryl methyl sites for hydroxylation is 1. The van der Waals surface area contributed by atoms with E-state index in [0.717, 1.165) is 66.3 Å². The first-order valence-electron chi connectivity index (χ1n) is 13.7. The molecule has 3 aromatic carbocycles. The van der Waals surface area contributed by atoms with Gasteiger partial charge in [-0.15, -0.1) is 0 Å². The molecular weight excluding hydrogens is 488 g/mol. The molecule has 1 saturated heterocycles. The zero-order valence-electron chi connectivity index (χ0n) is 23.4. The largest absolute Gasteiger partial charge is 0.492 e. The van der Waals surface area contributed by atoms with Crippen LogP contribution in [-0.2, 0) is 21.4 Å². The molecule has 204 valence electrons. The summed E-state index contributed by atoms with van der Waals surface area (Å²) in [6, 6.07) is 22.2. The zero-order valence-corrected chi connectivity index (χ0v) is 23.4. The minimum Gasteiger partial charge on any atom is -0.492 e. The second kappa shape index (κ2) is 11.6. The number of benzene rings is 3. The van der Waals surface area contributed by atoms with Gasteiger partial charge in [0, 0.05) is 36.5 Å². The van der Waals surface area contributed by atoms with Gasteiger partial charge in [-0.1, -0.05) is 68.8 Å². The Hall–Kier alpha value is -3.68. The number of carbonyl (C=O) groups excluding carboxylic acids is 1. The second-order valence-electron chi connectivity index (χ2n) is 11.2. The Bertz CT molecular complexity index is 1430. The lowest BCUT2D eigenvalue weighted by Gasteiger charge is -2.26. The van der Waals surface area contributed by atoms with Gasteiger partial charge in [0.05, 0.1) is 31.0 Å². The molecule has 1 aliphatic heterocycles. The Morgan fingerprint density at radius 2 is 1.72 bits per heavy atom. The standard InChI is InChI=1S/C32H38N4O3/c1-23-9-12-25(13-10-23)36-30(22-29(34-36)32(2,3)4)33-31(37)21-24-11-14-28(27-8-6-5-7-26(24)27)39-20-17-35-15-18-38-19-16-35/h5-14,22H,15-21H2,1-4H3,(H,33,37). The summed E-state index contributed by atoms with van der Waals surface area (Å²) in [5.74, 6) is 1.42. The highest BCUT2D eigenvalue weighted by atomic mass is 16.5. The number of aromatic nitrogens is 2. The molecule has 7 nitrogen and oxygen atoms in total. The van der Waals surface area contributed by atoms with Crippen molar-refractivity contribution in [2.75, 3.05) is 44.8 Å². The molecule has 1 amide bonds. The number of hydrogen-bond donors (Lipinski definition) is 1. The number of nitrogens with zero attached hydrogens (tertiary/aromatic N) is 3. The maximum atomic E-state index is 13.4. The van der Waals surface area contributed by atoms with Crippen LogP contribution in [0, 0.1) is 6.92 Å². The maximum absolute atomic E-state index is 13.4. The summed E-state index contributed by atoms with van der Waals surface area (Å²) in [5, 5.41) is 10.0. The number of nitrogens with one attached hydrogen (secondary N) is 1. The lowest BCUT2D eigenvalue weighted by atomic mass is 9.92. The molecule has 1 fully saturated rings. The third-order valence-electron chi connectivity index (χ3n) is 7.12. The normalized spacial score (nSPS) is 14.5. The van der Waals surface area contributed by atoms with Crippen molar-refractivity contribution in [3.05, 3.63) is 83.6 Å². The second-order valence-corrected chi connectivity index (χ2v) is 11.2. The average Bonchev–Trinajstić information content (AvgIpc) is 3.35. The van der Waals surface area contributed by atoms with Gasteiger partial charge in [-0.3, -0.25) is 9.69 Å². The molecule has 7 heteroatoms. The minimum absolute atomic E-state index is 0.0881. The number of ether oxygens (including phenoxy) is 2. The van der Waals surface area contributed by atoms with E-state index in [2.05, 4.69) is 62.2 Å². The summed E-state index contributed by atoms with van der Waals surface area (Å²) in [5.41, 5.74) is 3.82. The first kappa shape index (κ1) is 26.9. The third kappa shape index (κ3) is 6.49. The predicted molar refractivity (Wildman–Crippen MR) is 156 cm³/mol. The Morgan fingerprint density at radius 1 is 1.00 bits per heavy atom. The molecule has 4 aromatic rings. The van der Waals surface area contributed by atoms with Gasteiger partial charge in [0.25, 0.3) is 0 Å². The van der Waals surface area contributed by atoms with Crippen molar-refractivity contribution >= 4 is 22.5 Å². The molecule has 0 aliphatic carbocycles. The number of carbonyl (C=O) groups is 1. The molecule has 1 aromatic heterocycles. The van der Waals surface area contributed by atoms with Crippen LogP contribution in [0.2, 0.25) is 0 Å². The summed E-state index contributed by atoms with van der Waals surface area (Å²) in [6.45, 7) is 13.4. The van der Waals surface area contributed by atoms with Crippen LogP contribution in [0.1, 0.15) is 37.6 Å². The number of anilines is 1. The Kier molecular flexibility index (Phi) is 8.00. The molecule has 0 bridgehead atoms. The van der Waals surface area contributed by atoms with E-state index < -0.39 is 0 Å². The van der Waals surface area contributed by atoms with Crippen molar-refractivity contribution < 1.29 is 14.3 Å². The van der Waals surface area contributed by atoms with Gasteiger partial charge in [0.1, 0.15) is 18.2 Å². The lowest BCUT2D eigenvalue weighted by Crippen LogP contribution is -2.38. The highest BCUT2D eigenvalue weighted by Gasteiger charge is 2.22. The van der Waals surface area contributed by atoms with Gasteiger partial charge in [0.15, 0.2) is 0 Å². The van der Waals surface area contributed by atoms with E-state index in [1.54, 1.807) is 0 Å². The van der Waals surface area contributed by atoms with Gasteiger partial charge in [-0.2, -0.15) is 5.10 Å². The number of amides is 1. The number of rotatable bonds is 8. The summed E-state index contributed by atoms with van der Waals surface area (Å²) < 4.78 is 13.4. The highest BCUT2D eigenvalue weighted by molar-refractivity contribution is 5.97. The van der Waals surface area contributed by atoms with Crippen LogP contribution in [0.15, 0.2) is 66.7 Å². The summed E-state index contributed by atoms with van der Waals surface area (Å²) in [7, 11) is 0. The summed E-state index contributed by atoms with van der Waals surface area (Å²) >= 11 is 0. The molecule has 1 N–H and O–H groups in total. The van der Waals surface area contributed by atoms with Crippen molar-refractivity contribution in [3.63, 3.8) is 0 Å². The maximum Gasteiger partial charge on any atom is 0.229 e. The van der Waals surface area contributed by atoms with Crippen LogP contribution < -0.4 is 10.1 Å². The number of morpholine rings is 1. The topological polar surface area (TPSA) is 68.6 Å². The van der Waals surface area contributed by atoms with Gasteiger partial charge >= 0.3 is 0 Å². The Balaban J connectivity index is 1.33. The Labute approximate surface area is 230 Å². The fourth-order valence-electron chi connectivity index (χ4n) is 4.80. The molecule has 1 aliphatic rings. The Morgan fingerprint density at radius 3 is 2.44 bits per heavy atom. The van der Waals surface area contributed by atoms with E-state index in [4.69, 9.17) is 14.6 Å². The summed E-state index contributed by atoms with van der Waals surface area (Å²) in [4.78, 5) is 15.7. The fourth-order valence-corrected chi connectivity index (χ4v) is 4.80. The van der Waals surface area contributed by atoms with Crippen molar-refractivity contribution in [3.8, 4) is 11.4 Å². The first-order valence-corrected chi connectivity index (χ1v) is 13.7. The quantitative estimate of drug-likeness (QED) is 0.327. The van der Waals surface area contributed by atoms with Gasteiger partial charge < -0.3 is 14.8 Å². The van der Waals surface area contributed by atoms with Crippen molar-refractivity contribution in [2.45, 2.75) is 39.5 Å². The number of fused-ring (bicyclic) bond motifs is 1. The SMILES string of the molecule is Cc1ccc(-n2nc(C(C)(C)C)cc2NC(=O)Cc2ccc(OCCN3CCOCC3)c3ccccc23)cc1. The molecular formula is C32H38N4O3. The van der Waals surface area contributed by atoms with E-state index in [9.17, 15) is 4.79 Å². The highest BCUT2D eigenvalue weighted by Crippen LogP contribution is 2.30. The van der Waals surface area contributed by atoms with Gasteiger partial charge in [-0.25, -0.2) is 4.68 Å². The van der Waals surface area contributed by atoms with Gasteiger partial charge in [-0.05, 0) is 36.1 Å². The molecule has 0 unspecified atom stereocenters. The molecule has 2 heterocycles. The molecule has 0 atom stereocenters. The van der Waals surface area contributed by atoms with Crippen LogP contribution in [0.25, 0.3) is 16.5 Å². The molecule has 5 rings (SSSR count). The van der Waals surface area contributed by atoms with E-state index in [1.165, 1.54) is 5.56 Å². The van der Waals surface area contributed by atoms with Crippen LogP contribution in [0.3, 0.4) is 0 Å². The smallest absolute Gasteiger partial charge is 0.229 e. The fraction of sp³-hybridized carbons (Fsp3) is 0.375. The average molecular weight is 527 g/mol. The van der Waals surface area contributed by atoms with Crippen molar-refractivity contribution in [2.24, 2.45) is 0 Å². The van der Waals surface area contributed by atoms with Crippen molar-refractivity contribution in [1.82, 2.24) is 14.7 Å². The van der Waals surface area contributed by atoms with Crippen LogP contribution in [0.5, 0.6) is 5.75 Å². The lowest BCUT2D eigenvalue weighted by molar-refractivity contribution is -0.115. The minimum atomic E-state index is -0.150. The number of hydrogen-bond acceptors (Lipinski definition) is 5. The summed E-state index contributed by atoms with van der Waals surface area (Å²) in [6.07, 6.45) is 0.249. The molecule has 0 radical (unpaired) electrons. The third-order valence-corrected chi connectivity index (χ3v) is 7.12.